The number of hydrogen-bond acceptors (Lipinski definition) is 3. The Labute approximate surface area is 161 Å². The molecule has 1 aromatic heterocycles. The number of Topliss-reactive ketones (excluding diaryl/α,β-unsaturated/α-hetero) is 1. The van der Waals surface area contributed by atoms with E-state index in [0.717, 1.165) is 6.42 Å². The maximum absolute atomic E-state index is 13.3. The molecule has 0 saturated carbocycles. The molecule has 0 fully saturated rings. The summed E-state index contributed by atoms with van der Waals surface area (Å²) in [4.78, 5) is 26.3. The van der Waals surface area contributed by atoms with E-state index in [4.69, 9.17) is 0 Å². The summed E-state index contributed by atoms with van der Waals surface area (Å²) in [5, 5.41) is 3.73. The largest absolute Gasteiger partial charge is 0.435 e. The molecule has 150 valence electrons. The van der Waals surface area contributed by atoms with Crippen LogP contribution in [0.15, 0.2) is 24.3 Å². The summed E-state index contributed by atoms with van der Waals surface area (Å²) in [5.74, 6) is -0.511. The van der Waals surface area contributed by atoms with Gasteiger partial charge in [-0.3, -0.25) is 14.3 Å². The lowest BCUT2D eigenvalue weighted by molar-refractivity contribution is -0.142. The average molecular weight is 393 g/mol. The lowest BCUT2D eigenvalue weighted by atomic mass is 9.95. The smallest absolute Gasteiger partial charge is 0.345 e. The van der Waals surface area contributed by atoms with Gasteiger partial charge in [-0.25, -0.2) is 0 Å². The second-order valence-electron chi connectivity index (χ2n) is 7.21. The fourth-order valence-corrected chi connectivity index (χ4v) is 3.59. The van der Waals surface area contributed by atoms with Crippen LogP contribution in [0.1, 0.15) is 45.7 Å². The highest BCUT2D eigenvalue weighted by Crippen LogP contribution is 2.35. The molecule has 1 aliphatic carbocycles. The number of rotatable bonds is 5. The fourth-order valence-electron chi connectivity index (χ4n) is 3.59. The summed E-state index contributed by atoms with van der Waals surface area (Å²) in [6.07, 6.45) is -2.27. The number of benzene rings is 1. The number of fused-ring (bicyclic) bond motifs is 1. The lowest BCUT2D eigenvalue weighted by Gasteiger charge is -2.15. The quantitative estimate of drug-likeness (QED) is 0.783. The molecular formula is C20H22F3N3O2. The van der Waals surface area contributed by atoms with Crippen molar-refractivity contribution in [3.8, 4) is 0 Å². The molecule has 1 aromatic carbocycles. The third-order valence-corrected chi connectivity index (χ3v) is 4.89. The molecule has 3 rings (SSSR count). The van der Waals surface area contributed by atoms with Crippen molar-refractivity contribution in [2.75, 3.05) is 14.1 Å². The number of carbonyl (C=O) groups is 2. The molecule has 28 heavy (non-hydrogen) atoms. The normalized spacial score (nSPS) is 13.9. The predicted molar refractivity (Wildman–Crippen MR) is 97.0 cm³/mol. The summed E-state index contributed by atoms with van der Waals surface area (Å²) in [6.45, 7) is -0.233. The second-order valence-corrected chi connectivity index (χ2v) is 7.21. The molecule has 0 unspecified atom stereocenters. The van der Waals surface area contributed by atoms with E-state index < -0.39 is 11.9 Å². The Balaban J connectivity index is 1.84. The second kappa shape index (κ2) is 7.77. The van der Waals surface area contributed by atoms with Gasteiger partial charge in [0.2, 0.25) is 0 Å². The number of aromatic nitrogens is 2. The van der Waals surface area contributed by atoms with E-state index in [-0.39, 0.29) is 30.2 Å². The van der Waals surface area contributed by atoms with Crippen LogP contribution in [0.2, 0.25) is 0 Å². The number of ketones is 1. The first-order valence-corrected chi connectivity index (χ1v) is 9.15. The Kier molecular flexibility index (Phi) is 5.58. The first-order valence-electron chi connectivity index (χ1n) is 9.15. The van der Waals surface area contributed by atoms with Crippen LogP contribution in [-0.2, 0) is 36.8 Å². The van der Waals surface area contributed by atoms with Crippen molar-refractivity contribution >= 4 is 11.7 Å². The van der Waals surface area contributed by atoms with Crippen molar-refractivity contribution in [2.45, 2.75) is 44.8 Å². The summed E-state index contributed by atoms with van der Waals surface area (Å²) >= 11 is 0. The number of hydrogen-bond donors (Lipinski definition) is 0. The highest BCUT2D eigenvalue weighted by Gasteiger charge is 2.39. The molecular weight excluding hydrogens is 371 g/mol. The Bertz CT molecular complexity index is 901. The molecule has 0 atom stereocenters. The zero-order valence-electron chi connectivity index (χ0n) is 15.8. The third-order valence-electron chi connectivity index (χ3n) is 4.89. The molecule has 0 N–H and O–H groups in total. The van der Waals surface area contributed by atoms with Gasteiger partial charge in [-0.15, -0.1) is 0 Å². The monoisotopic (exact) mass is 393 g/mol. The number of carbonyl (C=O) groups excluding carboxylic acids is 2. The van der Waals surface area contributed by atoms with Crippen LogP contribution in [0.25, 0.3) is 0 Å². The van der Waals surface area contributed by atoms with Crippen molar-refractivity contribution in [1.29, 1.82) is 0 Å². The van der Waals surface area contributed by atoms with E-state index in [0.29, 0.717) is 36.1 Å². The topological polar surface area (TPSA) is 55.2 Å². The molecule has 8 heteroatoms. The summed E-state index contributed by atoms with van der Waals surface area (Å²) < 4.78 is 41.1. The Hall–Kier alpha value is -2.64. The van der Waals surface area contributed by atoms with Gasteiger partial charge in [0.15, 0.2) is 11.5 Å². The first kappa shape index (κ1) is 20.1. The summed E-state index contributed by atoms with van der Waals surface area (Å²) in [5.41, 5.74) is 0.820. The molecule has 1 aliphatic rings. The average Bonchev–Trinajstić information content (AvgIpc) is 3.00. The maximum atomic E-state index is 13.3. The molecule has 0 bridgehead atoms. The Morgan fingerprint density at radius 2 is 1.82 bits per heavy atom. The number of alkyl halides is 3. The minimum atomic E-state index is -4.53. The van der Waals surface area contributed by atoms with Crippen molar-refractivity contribution in [2.24, 2.45) is 0 Å². The summed E-state index contributed by atoms with van der Waals surface area (Å²) in [7, 11) is 3.24. The zero-order chi connectivity index (χ0) is 20.5. The van der Waals surface area contributed by atoms with Gasteiger partial charge in [0, 0.05) is 37.3 Å². The molecule has 0 aliphatic heterocycles. The molecule has 0 radical (unpaired) electrons. The molecule has 1 amide bonds. The molecule has 2 aromatic rings. The van der Waals surface area contributed by atoms with E-state index in [2.05, 4.69) is 5.10 Å². The van der Waals surface area contributed by atoms with Crippen molar-refractivity contribution < 1.29 is 22.8 Å². The molecule has 0 saturated heterocycles. The zero-order valence-corrected chi connectivity index (χ0v) is 15.8. The van der Waals surface area contributed by atoms with Crippen molar-refractivity contribution in [3.63, 3.8) is 0 Å². The maximum Gasteiger partial charge on any atom is 0.435 e. The van der Waals surface area contributed by atoms with Crippen molar-refractivity contribution in [3.05, 3.63) is 52.3 Å². The highest BCUT2D eigenvalue weighted by molar-refractivity contribution is 5.96. The van der Waals surface area contributed by atoms with Gasteiger partial charge in [0.25, 0.3) is 5.91 Å². The van der Waals surface area contributed by atoms with Gasteiger partial charge >= 0.3 is 6.18 Å². The third kappa shape index (κ3) is 4.10. The van der Waals surface area contributed by atoms with E-state index in [1.54, 1.807) is 38.4 Å². The number of amides is 1. The minimum Gasteiger partial charge on any atom is -0.345 e. The van der Waals surface area contributed by atoms with Crippen LogP contribution in [0, 0.1) is 0 Å². The fraction of sp³-hybridized carbons (Fsp3) is 0.450. The van der Waals surface area contributed by atoms with Gasteiger partial charge in [-0.1, -0.05) is 18.2 Å². The lowest BCUT2D eigenvalue weighted by Crippen LogP contribution is -2.24. The van der Waals surface area contributed by atoms with E-state index >= 15 is 0 Å². The first-order chi connectivity index (χ1) is 13.2. The molecule has 1 heterocycles. The van der Waals surface area contributed by atoms with E-state index in [1.165, 1.54) is 9.58 Å². The minimum absolute atomic E-state index is 0.0360. The van der Waals surface area contributed by atoms with Gasteiger partial charge in [0.05, 0.1) is 0 Å². The highest BCUT2D eigenvalue weighted by atomic mass is 19.4. The Morgan fingerprint density at radius 1 is 1.14 bits per heavy atom. The van der Waals surface area contributed by atoms with Gasteiger partial charge in [-0.05, 0) is 37.3 Å². The van der Waals surface area contributed by atoms with Gasteiger partial charge in [-0.2, -0.15) is 18.3 Å². The molecule has 0 spiro atoms. The van der Waals surface area contributed by atoms with E-state index in [9.17, 15) is 22.8 Å². The van der Waals surface area contributed by atoms with Gasteiger partial charge in [0.1, 0.15) is 6.54 Å². The van der Waals surface area contributed by atoms with Crippen molar-refractivity contribution in [1.82, 2.24) is 14.7 Å². The van der Waals surface area contributed by atoms with Gasteiger partial charge < -0.3 is 4.90 Å². The Morgan fingerprint density at radius 3 is 2.50 bits per heavy atom. The van der Waals surface area contributed by atoms with Crippen LogP contribution in [0.4, 0.5) is 13.2 Å². The standard InChI is InChI=1S/C20H22F3N3O2/c1-25(2)19(28)15-8-4-3-7-13(15)11-14(27)12-26-17-10-6-5-9-16(17)18(24-26)20(21,22)23/h3-4,7-8H,5-6,9-12H2,1-2H3. The van der Waals surface area contributed by atoms with Crippen LogP contribution in [-0.4, -0.2) is 40.5 Å². The predicted octanol–water partition coefficient (Wildman–Crippen LogP) is 3.29. The number of nitrogens with zero attached hydrogens (tertiary/aromatic N) is 3. The number of halogens is 3. The SMILES string of the molecule is CN(C)C(=O)c1ccccc1CC(=O)Cn1nc(C(F)(F)F)c2c1CCCC2. The summed E-state index contributed by atoms with van der Waals surface area (Å²) in [6, 6.07) is 6.77. The van der Waals surface area contributed by atoms with Crippen LogP contribution >= 0.6 is 0 Å². The van der Waals surface area contributed by atoms with Crippen LogP contribution in [0.5, 0.6) is 0 Å². The van der Waals surface area contributed by atoms with E-state index in [1.807, 2.05) is 0 Å². The molecule has 5 nitrogen and oxygen atoms in total. The van der Waals surface area contributed by atoms with Crippen LogP contribution < -0.4 is 0 Å². The van der Waals surface area contributed by atoms with Crippen LogP contribution in [0.3, 0.4) is 0 Å².